The number of hydrogen-bond donors (Lipinski definition) is 12. The molecule has 0 aromatic carbocycles. The summed E-state index contributed by atoms with van der Waals surface area (Å²) in [5, 5.41) is 121. The van der Waals surface area contributed by atoms with Crippen molar-refractivity contribution in [1.29, 1.82) is 0 Å². The Balaban J connectivity index is 1.44. The van der Waals surface area contributed by atoms with Gasteiger partial charge in [-0.25, -0.2) is 0 Å². The van der Waals surface area contributed by atoms with Crippen molar-refractivity contribution in [3.05, 3.63) is 72.9 Å². The van der Waals surface area contributed by atoms with Gasteiger partial charge in [0.25, 0.3) is 0 Å². The van der Waals surface area contributed by atoms with E-state index in [0.29, 0.717) is 12.8 Å². The van der Waals surface area contributed by atoms with Crippen LogP contribution in [-0.4, -0.2) is 193 Å². The first-order valence-electron chi connectivity index (χ1n) is 36.2. The standard InChI is InChI=1S/C73H129NO18/c1-3-5-7-9-11-13-15-17-19-21-23-25-26-27-28-29-30-31-33-35-37-39-41-43-45-47-49-51-61(79)74-56(57(78)50-48-46-44-42-40-38-36-34-32-24-22-20-18-16-14-12-10-8-6-4-2)55-87-71-67(85)64(82)69(59(53-76)89-71)92-73-68(86)65(83)70(60(54-77)90-73)91-72-66(84)63(81)62(80)58(52-75)88-72/h15,17,21,23,26-27,32,34,40,42,48,50,56-60,62-73,75-78,80-86H,3-14,16,18-20,22,24-25,28-31,33,35-39,41,43-47,49,51-55H2,1-2H3,(H,74,79)/b17-15-,23-21-,27-26-,34-32+,42-40+,50-48+. The molecule has 3 fully saturated rings. The van der Waals surface area contributed by atoms with E-state index in [1.165, 1.54) is 148 Å². The number of allylic oxidation sites excluding steroid dienone is 11. The molecule has 0 spiro atoms. The molecule has 19 nitrogen and oxygen atoms in total. The first-order chi connectivity index (χ1) is 44.8. The molecule has 534 valence electrons. The highest BCUT2D eigenvalue weighted by atomic mass is 16.8. The van der Waals surface area contributed by atoms with Crippen molar-refractivity contribution < 1.29 is 89.4 Å². The molecule has 3 aliphatic heterocycles. The molecular formula is C73H129NO18. The molecule has 0 radical (unpaired) electrons. The van der Waals surface area contributed by atoms with E-state index in [4.69, 9.17) is 28.4 Å². The maximum Gasteiger partial charge on any atom is 0.220 e. The number of rotatable bonds is 55. The number of aliphatic hydroxyl groups excluding tert-OH is 11. The fourth-order valence-electron chi connectivity index (χ4n) is 11.8. The van der Waals surface area contributed by atoms with Crippen LogP contribution in [-0.2, 0) is 33.2 Å². The Morgan fingerprint density at radius 1 is 0.391 bits per heavy atom. The molecule has 1 amide bonds. The van der Waals surface area contributed by atoms with E-state index in [0.717, 1.165) is 70.6 Å². The highest BCUT2D eigenvalue weighted by molar-refractivity contribution is 5.76. The predicted octanol–water partition coefficient (Wildman–Crippen LogP) is 10.1. The maximum atomic E-state index is 13.4. The Kier molecular flexibility index (Phi) is 49.2. The fraction of sp³-hybridized carbons (Fsp3) is 0.822. The van der Waals surface area contributed by atoms with Gasteiger partial charge < -0.3 is 89.9 Å². The van der Waals surface area contributed by atoms with Crippen molar-refractivity contribution in [2.45, 2.75) is 356 Å². The second-order valence-corrected chi connectivity index (χ2v) is 25.7. The molecule has 0 saturated carbocycles. The summed E-state index contributed by atoms with van der Waals surface area (Å²) in [6, 6.07) is -1.00. The minimum absolute atomic E-state index is 0.227. The lowest BCUT2D eigenvalue weighted by atomic mass is 9.96. The first-order valence-corrected chi connectivity index (χ1v) is 36.2. The van der Waals surface area contributed by atoms with Gasteiger partial charge in [-0.3, -0.25) is 4.79 Å². The third-order valence-electron chi connectivity index (χ3n) is 17.7. The summed E-state index contributed by atoms with van der Waals surface area (Å²) in [6.07, 6.45) is 41.6. The molecule has 0 aliphatic carbocycles. The zero-order valence-electron chi connectivity index (χ0n) is 56.5. The number of amides is 1. The summed E-state index contributed by atoms with van der Waals surface area (Å²) in [7, 11) is 0. The zero-order valence-corrected chi connectivity index (χ0v) is 56.5. The number of nitrogens with one attached hydrogen (secondary N) is 1. The molecule has 92 heavy (non-hydrogen) atoms. The molecule has 17 atom stereocenters. The highest BCUT2D eigenvalue weighted by Gasteiger charge is 2.53. The van der Waals surface area contributed by atoms with Crippen molar-refractivity contribution in [2.24, 2.45) is 0 Å². The summed E-state index contributed by atoms with van der Waals surface area (Å²) >= 11 is 0. The fourth-order valence-corrected chi connectivity index (χ4v) is 11.8. The topological polar surface area (TPSA) is 307 Å². The van der Waals surface area contributed by atoms with E-state index in [-0.39, 0.29) is 18.9 Å². The van der Waals surface area contributed by atoms with Crippen molar-refractivity contribution in [3.8, 4) is 0 Å². The van der Waals surface area contributed by atoms with Crippen molar-refractivity contribution in [2.75, 3.05) is 26.4 Å². The average molecular weight is 1310 g/mol. The van der Waals surface area contributed by atoms with Crippen LogP contribution in [0.4, 0.5) is 0 Å². The summed E-state index contributed by atoms with van der Waals surface area (Å²) < 4.78 is 34.3. The molecule has 3 rings (SSSR count). The largest absolute Gasteiger partial charge is 0.394 e. The van der Waals surface area contributed by atoms with Gasteiger partial charge in [0.2, 0.25) is 5.91 Å². The molecule has 12 N–H and O–H groups in total. The Morgan fingerprint density at radius 3 is 1.16 bits per heavy atom. The second-order valence-electron chi connectivity index (χ2n) is 25.7. The van der Waals surface area contributed by atoms with Crippen LogP contribution in [0.15, 0.2) is 72.9 Å². The summed E-state index contributed by atoms with van der Waals surface area (Å²) in [5.74, 6) is -0.292. The number of hydrogen-bond acceptors (Lipinski definition) is 18. The van der Waals surface area contributed by atoms with Crippen LogP contribution >= 0.6 is 0 Å². The highest BCUT2D eigenvalue weighted by Crippen LogP contribution is 2.33. The summed E-state index contributed by atoms with van der Waals surface area (Å²) in [5.41, 5.74) is 0. The minimum Gasteiger partial charge on any atom is -0.394 e. The molecule has 19 heteroatoms. The molecule has 3 saturated heterocycles. The number of ether oxygens (including phenoxy) is 6. The van der Waals surface area contributed by atoms with Gasteiger partial charge in [0.05, 0.1) is 38.6 Å². The van der Waals surface area contributed by atoms with E-state index >= 15 is 0 Å². The Morgan fingerprint density at radius 2 is 0.728 bits per heavy atom. The molecular weight excluding hydrogens is 1180 g/mol. The van der Waals surface area contributed by atoms with Gasteiger partial charge in [-0.05, 0) is 83.5 Å². The lowest BCUT2D eigenvalue weighted by Crippen LogP contribution is -2.66. The van der Waals surface area contributed by atoms with Crippen molar-refractivity contribution >= 4 is 5.91 Å². The van der Waals surface area contributed by atoms with Crippen LogP contribution in [0.25, 0.3) is 0 Å². The van der Waals surface area contributed by atoms with E-state index in [9.17, 15) is 61.0 Å². The number of carbonyl (C=O) groups is 1. The molecule has 17 unspecified atom stereocenters. The average Bonchev–Trinajstić information content (AvgIpc) is 0.854. The van der Waals surface area contributed by atoms with Crippen molar-refractivity contribution in [3.63, 3.8) is 0 Å². The van der Waals surface area contributed by atoms with Gasteiger partial charge in [-0.1, -0.05) is 234 Å². The van der Waals surface area contributed by atoms with E-state index < -0.39 is 124 Å². The van der Waals surface area contributed by atoms with Crippen LogP contribution in [0.2, 0.25) is 0 Å². The Hall–Kier alpha value is -2.77. The monoisotopic (exact) mass is 1310 g/mol. The molecule has 0 aromatic rings. The van der Waals surface area contributed by atoms with Crippen molar-refractivity contribution in [1.82, 2.24) is 5.32 Å². The SMILES string of the molecule is CCCCCCC/C=C\C/C=C\C/C=C\CCCCCCCCCCCCCCC(=O)NC(COC1OC(CO)C(OC2OC(CO)C(OC3OC(CO)C(O)C(O)C3O)C(O)C2O)C(O)C1O)C(O)/C=C/CC/C=C/CC/C=C/CCCCCCCCCCCC. The van der Waals surface area contributed by atoms with E-state index in [1.807, 2.05) is 6.08 Å². The van der Waals surface area contributed by atoms with Gasteiger partial charge in [0.15, 0.2) is 18.9 Å². The molecule has 0 aromatic heterocycles. The summed E-state index contributed by atoms with van der Waals surface area (Å²) in [6.45, 7) is 1.70. The second kappa shape index (κ2) is 54.3. The van der Waals surface area contributed by atoms with Gasteiger partial charge >= 0.3 is 0 Å². The molecule has 3 heterocycles. The first kappa shape index (κ1) is 83.5. The minimum atomic E-state index is -1.99. The number of carbonyl (C=O) groups excluding carboxylic acids is 1. The quantitative estimate of drug-likeness (QED) is 0.0199. The Bertz CT molecular complexity index is 1950. The smallest absolute Gasteiger partial charge is 0.220 e. The van der Waals surface area contributed by atoms with Gasteiger partial charge in [-0.2, -0.15) is 0 Å². The van der Waals surface area contributed by atoms with Gasteiger partial charge in [0.1, 0.15) is 73.2 Å². The lowest BCUT2D eigenvalue weighted by Gasteiger charge is -2.48. The van der Waals surface area contributed by atoms with E-state index in [2.05, 4.69) is 79.9 Å². The molecule has 3 aliphatic rings. The van der Waals surface area contributed by atoms with Gasteiger partial charge in [-0.15, -0.1) is 0 Å². The van der Waals surface area contributed by atoms with Crippen LogP contribution < -0.4 is 5.32 Å². The number of unbranched alkanes of at least 4 members (excludes halogenated alkanes) is 29. The van der Waals surface area contributed by atoms with Crippen LogP contribution in [0.5, 0.6) is 0 Å². The molecule has 0 bridgehead atoms. The number of aliphatic hydroxyl groups is 11. The third kappa shape index (κ3) is 35.5. The Labute approximate surface area is 553 Å². The summed E-state index contributed by atoms with van der Waals surface area (Å²) in [4.78, 5) is 13.4. The lowest BCUT2D eigenvalue weighted by molar-refractivity contribution is -0.379. The van der Waals surface area contributed by atoms with E-state index in [1.54, 1.807) is 6.08 Å². The maximum absolute atomic E-state index is 13.4. The van der Waals surface area contributed by atoms with Crippen LogP contribution in [0, 0.1) is 0 Å². The predicted molar refractivity (Wildman–Crippen MR) is 360 cm³/mol. The van der Waals surface area contributed by atoms with Gasteiger partial charge in [0, 0.05) is 6.42 Å². The third-order valence-corrected chi connectivity index (χ3v) is 17.7. The zero-order chi connectivity index (χ0) is 66.8. The van der Waals surface area contributed by atoms with Crippen LogP contribution in [0.1, 0.15) is 251 Å². The van der Waals surface area contributed by atoms with Crippen LogP contribution in [0.3, 0.4) is 0 Å². The normalized spacial score (nSPS) is 28.1.